The van der Waals surface area contributed by atoms with Gasteiger partial charge in [0.15, 0.2) is 0 Å². The van der Waals surface area contributed by atoms with Crippen LogP contribution in [0.2, 0.25) is 0 Å². The van der Waals surface area contributed by atoms with Crippen molar-refractivity contribution >= 4 is 35.2 Å². The third-order valence-electron chi connectivity index (χ3n) is 6.73. The van der Waals surface area contributed by atoms with Gasteiger partial charge in [-0.3, -0.25) is 24.0 Å². The van der Waals surface area contributed by atoms with Gasteiger partial charge in [0.1, 0.15) is 29.8 Å². The summed E-state index contributed by atoms with van der Waals surface area (Å²) in [6.45, 7) is -0.755. The highest BCUT2D eigenvalue weighted by atomic mass is 19.1. The molecule has 0 aromatic heterocycles. The van der Waals surface area contributed by atoms with Gasteiger partial charge in [-0.05, 0) is 36.1 Å². The molecule has 0 aliphatic rings. The summed E-state index contributed by atoms with van der Waals surface area (Å²) in [6.07, 6.45) is -0.176. The van der Waals surface area contributed by atoms with Gasteiger partial charge in [0, 0.05) is 25.3 Å². The van der Waals surface area contributed by atoms with Crippen LogP contribution < -0.4 is 27.0 Å². The molecule has 0 aliphatic carbocycles. The van der Waals surface area contributed by atoms with Gasteiger partial charge < -0.3 is 32.1 Å². The second kappa shape index (κ2) is 17.2. The molecule has 0 aliphatic heterocycles. The van der Waals surface area contributed by atoms with Crippen molar-refractivity contribution in [2.24, 2.45) is 5.73 Å². The molecule has 0 bridgehead atoms. The van der Waals surface area contributed by atoms with Crippen LogP contribution in [0, 0.1) is 11.6 Å². The minimum Gasteiger partial charge on any atom is -0.394 e. The van der Waals surface area contributed by atoms with E-state index in [1.165, 1.54) is 0 Å². The number of aryl methyl sites for hydroxylation is 1. The second-order valence-electron chi connectivity index (χ2n) is 10.2. The molecule has 45 heavy (non-hydrogen) atoms. The summed E-state index contributed by atoms with van der Waals surface area (Å²) in [5, 5.41) is 19.6. The number of carbonyl (C=O) groups excluding carboxylic acids is 5. The van der Waals surface area contributed by atoms with E-state index in [0.29, 0.717) is 18.1 Å². The molecule has 3 rings (SSSR count). The number of hydrogen-bond acceptors (Lipinski definition) is 6. The van der Waals surface area contributed by atoms with E-state index >= 15 is 0 Å². The van der Waals surface area contributed by atoms with Crippen LogP contribution in [-0.2, 0) is 36.8 Å². The summed E-state index contributed by atoms with van der Waals surface area (Å²) in [5.74, 6) is -5.79. The Balaban J connectivity index is 1.74. The molecule has 0 spiro atoms. The Morgan fingerprint density at radius 3 is 1.91 bits per heavy atom. The number of anilines is 1. The van der Waals surface area contributed by atoms with Gasteiger partial charge in [-0.15, -0.1) is 0 Å². The van der Waals surface area contributed by atoms with E-state index in [-0.39, 0.29) is 31.4 Å². The molecule has 0 unspecified atom stereocenters. The molecular formula is C32H35F2N5O6. The standard InChI is InChI=1S/C32H35F2N5O6/c33-22-12-13-24(23(34)18-22)37-30(43)25(14-15-28(35)41)38-31(44)26(17-21-9-5-2-6-10-21)39-32(45)27(19-40)36-29(42)16-11-20-7-3-1-4-8-20/h1-10,12-13,18,25-27,40H,11,14-17,19H2,(H2,35,41)(H,36,42)(H,37,43)(H,38,44)(H,39,45)/t25-,26-,27-/m0/s1. The van der Waals surface area contributed by atoms with Crippen LogP contribution in [0.1, 0.15) is 30.4 Å². The number of aliphatic hydroxyl groups is 1. The van der Waals surface area contributed by atoms with Crippen molar-refractivity contribution in [3.63, 3.8) is 0 Å². The lowest BCUT2D eigenvalue weighted by Gasteiger charge is -2.25. The lowest BCUT2D eigenvalue weighted by molar-refractivity contribution is -0.133. The first-order valence-corrected chi connectivity index (χ1v) is 14.2. The second-order valence-corrected chi connectivity index (χ2v) is 10.2. The molecule has 3 aromatic rings. The maximum Gasteiger partial charge on any atom is 0.247 e. The van der Waals surface area contributed by atoms with Gasteiger partial charge in [-0.2, -0.15) is 0 Å². The number of primary amides is 1. The van der Waals surface area contributed by atoms with Crippen LogP contribution in [0.4, 0.5) is 14.5 Å². The van der Waals surface area contributed by atoms with E-state index in [2.05, 4.69) is 21.3 Å². The maximum atomic E-state index is 14.2. The molecule has 238 valence electrons. The maximum absolute atomic E-state index is 14.2. The van der Waals surface area contributed by atoms with Crippen LogP contribution >= 0.6 is 0 Å². The van der Waals surface area contributed by atoms with Gasteiger partial charge in [0.05, 0.1) is 12.3 Å². The van der Waals surface area contributed by atoms with Crippen molar-refractivity contribution in [2.45, 2.75) is 50.2 Å². The number of halogens is 2. The van der Waals surface area contributed by atoms with Gasteiger partial charge in [0.25, 0.3) is 0 Å². The molecule has 3 atom stereocenters. The van der Waals surface area contributed by atoms with E-state index in [4.69, 9.17) is 5.73 Å². The predicted molar refractivity (Wildman–Crippen MR) is 161 cm³/mol. The SMILES string of the molecule is NC(=O)CC[C@H](NC(=O)[C@H](Cc1ccccc1)NC(=O)[C@H](CO)NC(=O)CCc1ccccc1)C(=O)Nc1ccc(F)cc1F. The summed E-state index contributed by atoms with van der Waals surface area (Å²) in [7, 11) is 0. The molecule has 0 saturated carbocycles. The third-order valence-corrected chi connectivity index (χ3v) is 6.73. The van der Waals surface area contributed by atoms with Gasteiger partial charge in [-0.25, -0.2) is 8.78 Å². The van der Waals surface area contributed by atoms with Gasteiger partial charge in [-0.1, -0.05) is 60.7 Å². The zero-order valence-electron chi connectivity index (χ0n) is 24.3. The average Bonchev–Trinajstić information content (AvgIpc) is 3.02. The number of benzene rings is 3. The molecule has 5 amide bonds. The van der Waals surface area contributed by atoms with E-state index in [1.807, 2.05) is 30.3 Å². The summed E-state index contributed by atoms with van der Waals surface area (Å²) in [6, 6.07) is 16.2. The molecule has 11 nitrogen and oxygen atoms in total. The third kappa shape index (κ3) is 11.4. The first-order chi connectivity index (χ1) is 21.5. The number of hydrogen-bond donors (Lipinski definition) is 6. The highest BCUT2D eigenvalue weighted by molar-refractivity contribution is 5.99. The average molecular weight is 624 g/mol. The highest BCUT2D eigenvalue weighted by Gasteiger charge is 2.30. The topological polar surface area (TPSA) is 180 Å². The van der Waals surface area contributed by atoms with Crippen LogP contribution in [-0.4, -0.2) is 59.4 Å². The Kier molecular flexibility index (Phi) is 13.1. The summed E-state index contributed by atoms with van der Waals surface area (Å²) in [5.41, 5.74) is 6.42. The molecule has 0 radical (unpaired) electrons. The Morgan fingerprint density at radius 2 is 1.31 bits per heavy atom. The van der Waals surface area contributed by atoms with Crippen LogP contribution in [0.25, 0.3) is 0 Å². The number of carbonyl (C=O) groups is 5. The van der Waals surface area contributed by atoms with E-state index in [0.717, 1.165) is 17.7 Å². The number of nitrogens with one attached hydrogen (secondary N) is 4. The van der Waals surface area contributed by atoms with Gasteiger partial charge in [0.2, 0.25) is 29.5 Å². The molecule has 0 fully saturated rings. The lowest BCUT2D eigenvalue weighted by atomic mass is 10.0. The zero-order valence-corrected chi connectivity index (χ0v) is 24.3. The fourth-order valence-corrected chi connectivity index (χ4v) is 4.33. The summed E-state index contributed by atoms with van der Waals surface area (Å²) < 4.78 is 27.5. The van der Waals surface area contributed by atoms with E-state index < -0.39 is 65.9 Å². The fourth-order valence-electron chi connectivity index (χ4n) is 4.33. The molecule has 3 aromatic carbocycles. The van der Waals surface area contributed by atoms with Crippen molar-refractivity contribution < 1.29 is 37.9 Å². The minimum atomic E-state index is -1.41. The molecular weight excluding hydrogens is 588 g/mol. The first kappa shape index (κ1) is 34.3. The summed E-state index contributed by atoms with van der Waals surface area (Å²) in [4.78, 5) is 63.7. The largest absolute Gasteiger partial charge is 0.394 e. The zero-order chi connectivity index (χ0) is 32.8. The molecule has 0 saturated heterocycles. The minimum absolute atomic E-state index is 0.0464. The van der Waals surface area contributed by atoms with E-state index in [1.54, 1.807) is 30.3 Å². The monoisotopic (exact) mass is 623 g/mol. The van der Waals surface area contributed by atoms with Gasteiger partial charge >= 0.3 is 0 Å². The predicted octanol–water partition coefficient (Wildman–Crippen LogP) is 1.49. The fraction of sp³-hybridized carbons (Fsp3) is 0.281. The number of nitrogens with two attached hydrogens (primary N) is 1. The van der Waals surface area contributed by atoms with Crippen molar-refractivity contribution in [1.29, 1.82) is 0 Å². The summed E-state index contributed by atoms with van der Waals surface area (Å²) >= 11 is 0. The molecule has 13 heteroatoms. The highest BCUT2D eigenvalue weighted by Crippen LogP contribution is 2.16. The van der Waals surface area contributed by atoms with Crippen LogP contribution in [0.3, 0.4) is 0 Å². The number of rotatable bonds is 16. The van der Waals surface area contributed by atoms with Crippen LogP contribution in [0.15, 0.2) is 78.9 Å². The van der Waals surface area contributed by atoms with Crippen molar-refractivity contribution in [2.75, 3.05) is 11.9 Å². The Bertz CT molecular complexity index is 1480. The van der Waals surface area contributed by atoms with Crippen molar-refractivity contribution in [3.05, 3.63) is 102 Å². The molecule has 0 heterocycles. The normalized spacial score (nSPS) is 12.7. The quantitative estimate of drug-likeness (QED) is 0.141. The van der Waals surface area contributed by atoms with Crippen molar-refractivity contribution in [3.8, 4) is 0 Å². The first-order valence-electron chi connectivity index (χ1n) is 14.2. The Labute approximate surface area is 258 Å². The number of aliphatic hydroxyl groups excluding tert-OH is 1. The Hall–Kier alpha value is -5.17. The molecule has 7 N–H and O–H groups in total. The Morgan fingerprint density at radius 1 is 0.711 bits per heavy atom. The lowest BCUT2D eigenvalue weighted by Crippen LogP contribution is -2.57. The van der Waals surface area contributed by atoms with Crippen LogP contribution in [0.5, 0.6) is 0 Å². The number of amides is 5. The smallest absolute Gasteiger partial charge is 0.247 e. The van der Waals surface area contributed by atoms with Crippen molar-refractivity contribution in [1.82, 2.24) is 16.0 Å². The van der Waals surface area contributed by atoms with E-state index in [9.17, 15) is 37.9 Å².